The zero-order valence-corrected chi connectivity index (χ0v) is 9.66. The van der Waals surface area contributed by atoms with Crippen molar-refractivity contribution in [2.45, 2.75) is 18.9 Å². The van der Waals surface area contributed by atoms with Crippen molar-refractivity contribution in [1.82, 2.24) is 16.5 Å². The Morgan fingerprint density at radius 1 is 1.39 bits per heavy atom. The normalized spacial score (nSPS) is 22.2. The van der Waals surface area contributed by atoms with Crippen molar-refractivity contribution >= 4 is 17.4 Å². The van der Waals surface area contributed by atoms with Gasteiger partial charge in [-0.1, -0.05) is 0 Å². The van der Waals surface area contributed by atoms with E-state index in [4.69, 9.17) is 5.73 Å². The lowest BCUT2D eigenvalue weighted by Gasteiger charge is -2.09. The highest BCUT2D eigenvalue weighted by molar-refractivity contribution is 6.01. The summed E-state index contributed by atoms with van der Waals surface area (Å²) in [7, 11) is 0. The Balaban J connectivity index is 1.94. The number of carbonyl (C=O) groups excluding carboxylic acids is 1. The minimum atomic E-state index is -0.439. The van der Waals surface area contributed by atoms with Crippen LogP contribution in [0.15, 0.2) is 23.3 Å². The van der Waals surface area contributed by atoms with E-state index < -0.39 is 6.04 Å². The number of hydrogen-bond donors (Lipinski definition) is 5. The number of nitrogens with one attached hydrogen (secondary N) is 4. The molecule has 94 valence electrons. The van der Waals surface area contributed by atoms with Gasteiger partial charge in [0.05, 0.1) is 6.04 Å². The molecule has 1 atom stereocenters. The number of hydrazone groups is 1. The summed E-state index contributed by atoms with van der Waals surface area (Å²) in [6.45, 7) is 0. The minimum absolute atomic E-state index is 0.124. The maximum absolute atomic E-state index is 11.6. The highest BCUT2D eigenvalue weighted by atomic mass is 16.2. The van der Waals surface area contributed by atoms with E-state index in [0.717, 1.165) is 29.1 Å². The van der Waals surface area contributed by atoms with Crippen LogP contribution < -0.4 is 27.5 Å². The molecule has 0 aliphatic carbocycles. The van der Waals surface area contributed by atoms with Gasteiger partial charge >= 0.3 is 0 Å². The van der Waals surface area contributed by atoms with Gasteiger partial charge in [0.2, 0.25) is 5.91 Å². The number of carbonyl (C=O) groups is 1. The third-order valence-electron chi connectivity index (χ3n) is 3.10. The minimum Gasteiger partial charge on any atom is -0.324 e. The lowest BCUT2D eigenvalue weighted by atomic mass is 10.0. The molecular formula is C11H14N6O. The monoisotopic (exact) mass is 246 g/mol. The quantitative estimate of drug-likeness (QED) is 0.445. The third kappa shape index (κ3) is 1.89. The van der Waals surface area contributed by atoms with Crippen molar-refractivity contribution in [2.75, 3.05) is 5.32 Å². The van der Waals surface area contributed by atoms with Gasteiger partial charge in [-0.05, 0) is 36.6 Å². The topological polar surface area (TPSA) is 104 Å². The van der Waals surface area contributed by atoms with E-state index in [2.05, 4.69) is 26.9 Å². The Morgan fingerprint density at radius 3 is 3.06 bits per heavy atom. The van der Waals surface area contributed by atoms with Crippen LogP contribution in [0.1, 0.15) is 17.5 Å². The molecule has 2 aliphatic rings. The average Bonchev–Trinajstić information content (AvgIpc) is 2.86. The van der Waals surface area contributed by atoms with Gasteiger partial charge in [0.15, 0.2) is 5.84 Å². The summed E-state index contributed by atoms with van der Waals surface area (Å²) in [4.78, 5) is 11.6. The van der Waals surface area contributed by atoms with Crippen LogP contribution in [0.5, 0.6) is 0 Å². The van der Waals surface area contributed by atoms with E-state index in [1.165, 1.54) is 0 Å². The van der Waals surface area contributed by atoms with Crippen molar-refractivity contribution in [1.29, 1.82) is 0 Å². The van der Waals surface area contributed by atoms with Crippen LogP contribution >= 0.6 is 0 Å². The van der Waals surface area contributed by atoms with Crippen LogP contribution in [0.4, 0.5) is 5.69 Å². The lowest BCUT2D eigenvalue weighted by Crippen LogP contribution is -2.35. The Labute approximate surface area is 104 Å². The molecular weight excluding hydrogens is 232 g/mol. The summed E-state index contributed by atoms with van der Waals surface area (Å²) < 4.78 is 0. The molecule has 6 N–H and O–H groups in total. The number of nitrogens with two attached hydrogens (primary N) is 1. The molecule has 2 aliphatic heterocycles. The van der Waals surface area contributed by atoms with Gasteiger partial charge in [0.25, 0.3) is 0 Å². The molecule has 0 bridgehead atoms. The van der Waals surface area contributed by atoms with Crippen LogP contribution in [0, 0.1) is 0 Å². The van der Waals surface area contributed by atoms with Gasteiger partial charge in [0, 0.05) is 11.3 Å². The molecule has 1 aromatic rings. The fourth-order valence-electron chi connectivity index (χ4n) is 2.07. The van der Waals surface area contributed by atoms with Crippen LogP contribution in [0.3, 0.4) is 0 Å². The number of aryl methyl sites for hydroxylation is 1. The molecule has 0 aromatic heterocycles. The number of rotatable bonds is 1. The first kappa shape index (κ1) is 11.0. The van der Waals surface area contributed by atoms with Gasteiger partial charge < -0.3 is 11.1 Å². The Bertz CT molecular complexity index is 526. The van der Waals surface area contributed by atoms with Crippen molar-refractivity contribution in [3.63, 3.8) is 0 Å². The predicted octanol–water partition coefficient (Wildman–Crippen LogP) is -0.827. The van der Waals surface area contributed by atoms with Crippen molar-refractivity contribution < 1.29 is 4.79 Å². The van der Waals surface area contributed by atoms with E-state index >= 15 is 0 Å². The number of anilines is 1. The summed E-state index contributed by atoms with van der Waals surface area (Å²) in [6, 6.07) is 5.35. The highest BCUT2D eigenvalue weighted by Crippen LogP contribution is 2.23. The molecule has 18 heavy (non-hydrogen) atoms. The molecule has 0 spiro atoms. The molecule has 1 amide bonds. The first-order valence-corrected chi connectivity index (χ1v) is 5.77. The number of hydrogen-bond acceptors (Lipinski definition) is 6. The standard InChI is InChI=1S/C11H14N6O/c12-8-3-1-6-5-7(10-14-16-17-15-10)2-4-9(6)13-11(8)18/h2,4-5,8,16-17H,1,3,12H2,(H,13,18)(H,14,15)/t8-/m0/s1. The molecule has 3 rings (SSSR count). The summed E-state index contributed by atoms with van der Waals surface area (Å²) in [5.74, 6) is 0.596. The summed E-state index contributed by atoms with van der Waals surface area (Å²) in [6.07, 6.45) is 1.43. The first-order chi connectivity index (χ1) is 8.74. The first-order valence-electron chi connectivity index (χ1n) is 5.77. The van der Waals surface area contributed by atoms with Crippen LogP contribution in [-0.2, 0) is 11.2 Å². The molecule has 0 radical (unpaired) electrons. The van der Waals surface area contributed by atoms with Crippen molar-refractivity contribution in [3.8, 4) is 0 Å². The number of nitrogens with zero attached hydrogens (tertiary/aromatic N) is 1. The van der Waals surface area contributed by atoms with Crippen LogP contribution in [0.2, 0.25) is 0 Å². The van der Waals surface area contributed by atoms with Gasteiger partial charge in [0.1, 0.15) is 0 Å². The average molecular weight is 246 g/mol. The van der Waals surface area contributed by atoms with Gasteiger partial charge in [-0.3, -0.25) is 10.2 Å². The second-order valence-electron chi connectivity index (χ2n) is 4.33. The number of hydrazine groups is 2. The van der Waals surface area contributed by atoms with Gasteiger partial charge in [-0.2, -0.15) is 0 Å². The summed E-state index contributed by atoms with van der Waals surface area (Å²) >= 11 is 0. The summed E-state index contributed by atoms with van der Waals surface area (Å²) in [5.41, 5.74) is 16.8. The molecule has 2 heterocycles. The fraction of sp³-hybridized carbons (Fsp3) is 0.273. The highest BCUT2D eigenvalue weighted by Gasteiger charge is 2.20. The van der Waals surface area contributed by atoms with E-state index in [0.29, 0.717) is 6.42 Å². The smallest absolute Gasteiger partial charge is 0.241 e. The Hall–Kier alpha value is -2.12. The molecule has 0 unspecified atom stereocenters. The molecule has 0 saturated carbocycles. The molecule has 7 heteroatoms. The molecule has 0 fully saturated rings. The molecule has 0 saturated heterocycles. The zero-order valence-electron chi connectivity index (χ0n) is 9.66. The largest absolute Gasteiger partial charge is 0.324 e. The second-order valence-corrected chi connectivity index (χ2v) is 4.33. The fourth-order valence-corrected chi connectivity index (χ4v) is 2.07. The number of benzene rings is 1. The predicted molar refractivity (Wildman–Crippen MR) is 67.3 cm³/mol. The maximum atomic E-state index is 11.6. The SMILES string of the molecule is N[C@H]1CCc2cc(C3=NNNN3)ccc2NC1=O. The van der Waals surface area contributed by atoms with E-state index in [-0.39, 0.29) is 5.91 Å². The van der Waals surface area contributed by atoms with Crippen molar-refractivity contribution in [2.24, 2.45) is 10.8 Å². The molecule has 7 nitrogen and oxygen atoms in total. The van der Waals surface area contributed by atoms with E-state index in [1.54, 1.807) is 0 Å². The van der Waals surface area contributed by atoms with Crippen LogP contribution in [0.25, 0.3) is 0 Å². The van der Waals surface area contributed by atoms with Crippen molar-refractivity contribution in [3.05, 3.63) is 29.3 Å². The van der Waals surface area contributed by atoms with Gasteiger partial charge in [-0.15, -0.1) is 10.6 Å². The lowest BCUT2D eigenvalue weighted by molar-refractivity contribution is -0.117. The van der Waals surface area contributed by atoms with Crippen LogP contribution in [-0.4, -0.2) is 17.8 Å². The maximum Gasteiger partial charge on any atom is 0.241 e. The third-order valence-corrected chi connectivity index (χ3v) is 3.10. The Kier molecular flexibility index (Phi) is 2.62. The summed E-state index contributed by atoms with van der Waals surface area (Å²) in [5, 5.41) is 6.88. The molecule has 1 aromatic carbocycles. The number of amides is 1. The van der Waals surface area contributed by atoms with E-state index in [9.17, 15) is 4.79 Å². The number of fused-ring (bicyclic) bond motifs is 1. The van der Waals surface area contributed by atoms with Gasteiger partial charge in [-0.25, -0.2) is 5.53 Å². The zero-order chi connectivity index (χ0) is 12.5. The number of amidine groups is 1. The second kappa shape index (κ2) is 4.28. The Morgan fingerprint density at radius 2 is 2.28 bits per heavy atom. The van der Waals surface area contributed by atoms with E-state index in [1.807, 2.05) is 18.2 Å².